The van der Waals surface area contributed by atoms with E-state index in [4.69, 9.17) is 10.5 Å². The highest BCUT2D eigenvalue weighted by Gasteiger charge is 2.20. The fourth-order valence-electron chi connectivity index (χ4n) is 2.76. The van der Waals surface area contributed by atoms with Gasteiger partial charge in [-0.05, 0) is 61.9 Å². The summed E-state index contributed by atoms with van der Waals surface area (Å²) in [6.07, 6.45) is 3.05. The molecule has 0 aromatic heterocycles. The molecule has 1 saturated heterocycles. The number of nitrogens with one attached hydrogen (secondary N) is 2. The van der Waals surface area contributed by atoms with E-state index in [9.17, 15) is 9.59 Å². The Bertz CT molecular complexity index is 759. The minimum Gasteiger partial charge on any atom is -0.457 e. The van der Waals surface area contributed by atoms with Crippen LogP contribution in [0.2, 0.25) is 0 Å². The van der Waals surface area contributed by atoms with E-state index in [1.807, 2.05) is 0 Å². The lowest BCUT2D eigenvalue weighted by Crippen LogP contribution is -2.43. The quantitative estimate of drug-likeness (QED) is 0.748. The lowest BCUT2D eigenvalue weighted by Gasteiger charge is -2.22. The number of carbonyl (C=O) groups excluding carboxylic acids is 2. The molecule has 2 aromatic rings. The fraction of sp³-hybridized carbons (Fsp3) is 0.263. The van der Waals surface area contributed by atoms with Gasteiger partial charge in [0.2, 0.25) is 11.8 Å². The minimum absolute atomic E-state index is 0. The largest absolute Gasteiger partial charge is 0.457 e. The zero-order chi connectivity index (χ0) is 17.6. The third kappa shape index (κ3) is 5.21. The van der Waals surface area contributed by atoms with Gasteiger partial charge in [-0.25, -0.2) is 0 Å². The van der Waals surface area contributed by atoms with Crippen molar-refractivity contribution >= 4 is 29.9 Å². The van der Waals surface area contributed by atoms with E-state index in [1.54, 1.807) is 48.5 Å². The Morgan fingerprint density at radius 3 is 2.50 bits per heavy atom. The van der Waals surface area contributed by atoms with Crippen molar-refractivity contribution in [1.82, 2.24) is 5.32 Å². The molecule has 4 N–H and O–H groups in total. The molecule has 1 aliphatic heterocycles. The van der Waals surface area contributed by atoms with E-state index in [0.717, 1.165) is 31.5 Å². The fourth-order valence-corrected chi connectivity index (χ4v) is 2.76. The van der Waals surface area contributed by atoms with Gasteiger partial charge in [-0.1, -0.05) is 12.5 Å². The minimum atomic E-state index is -0.500. The Balaban J connectivity index is 0.00000243. The van der Waals surface area contributed by atoms with Gasteiger partial charge in [-0.15, -0.1) is 12.4 Å². The second kappa shape index (κ2) is 9.22. The van der Waals surface area contributed by atoms with Crippen LogP contribution >= 0.6 is 12.4 Å². The van der Waals surface area contributed by atoms with E-state index in [1.165, 1.54) is 0 Å². The monoisotopic (exact) mass is 375 g/mol. The van der Waals surface area contributed by atoms with Crippen molar-refractivity contribution in [1.29, 1.82) is 0 Å². The maximum atomic E-state index is 12.2. The highest BCUT2D eigenvalue weighted by molar-refractivity contribution is 5.95. The highest BCUT2D eigenvalue weighted by atomic mass is 35.5. The molecule has 1 aliphatic rings. The molecule has 0 bridgehead atoms. The number of benzene rings is 2. The van der Waals surface area contributed by atoms with Crippen molar-refractivity contribution in [3.63, 3.8) is 0 Å². The number of nitrogens with two attached hydrogens (primary N) is 1. The highest BCUT2D eigenvalue weighted by Crippen LogP contribution is 2.24. The number of hydrogen-bond acceptors (Lipinski definition) is 4. The number of hydrogen-bond donors (Lipinski definition) is 3. The predicted molar refractivity (Wildman–Crippen MR) is 103 cm³/mol. The van der Waals surface area contributed by atoms with Gasteiger partial charge >= 0.3 is 0 Å². The van der Waals surface area contributed by atoms with Crippen LogP contribution in [-0.4, -0.2) is 24.4 Å². The molecule has 1 fully saturated rings. The smallest absolute Gasteiger partial charge is 0.248 e. The summed E-state index contributed by atoms with van der Waals surface area (Å²) >= 11 is 0. The molecule has 0 saturated carbocycles. The first kappa shape index (κ1) is 19.8. The van der Waals surface area contributed by atoms with Crippen molar-refractivity contribution in [2.45, 2.75) is 25.3 Å². The summed E-state index contributed by atoms with van der Waals surface area (Å²) in [5.41, 5.74) is 6.37. The zero-order valence-corrected chi connectivity index (χ0v) is 15.1. The Hall–Kier alpha value is -2.57. The predicted octanol–water partition coefficient (Wildman–Crippen LogP) is 3.08. The number of piperidine rings is 1. The van der Waals surface area contributed by atoms with Gasteiger partial charge in [0.1, 0.15) is 11.5 Å². The van der Waals surface area contributed by atoms with Crippen LogP contribution in [0, 0.1) is 0 Å². The van der Waals surface area contributed by atoms with Crippen LogP contribution in [0.15, 0.2) is 48.5 Å². The number of rotatable bonds is 5. The van der Waals surface area contributed by atoms with Gasteiger partial charge in [-0.3, -0.25) is 9.59 Å². The number of amides is 2. The molecule has 0 spiro atoms. The first-order chi connectivity index (χ1) is 12.1. The average Bonchev–Trinajstić information content (AvgIpc) is 2.64. The molecule has 0 aliphatic carbocycles. The maximum absolute atomic E-state index is 12.2. The second-order valence-corrected chi connectivity index (χ2v) is 6.01. The molecule has 7 heteroatoms. The summed E-state index contributed by atoms with van der Waals surface area (Å²) in [5, 5.41) is 6.13. The molecular weight excluding hydrogens is 354 g/mol. The Morgan fingerprint density at radius 1 is 1.08 bits per heavy atom. The van der Waals surface area contributed by atoms with Gasteiger partial charge in [0.15, 0.2) is 0 Å². The van der Waals surface area contributed by atoms with Crippen LogP contribution < -0.4 is 21.1 Å². The maximum Gasteiger partial charge on any atom is 0.248 e. The van der Waals surface area contributed by atoms with E-state index >= 15 is 0 Å². The molecule has 2 amide bonds. The summed E-state index contributed by atoms with van der Waals surface area (Å²) < 4.78 is 5.71. The number of carbonyl (C=O) groups is 2. The molecule has 2 aromatic carbocycles. The molecule has 3 rings (SSSR count). The van der Waals surface area contributed by atoms with Crippen LogP contribution in [0.4, 0.5) is 5.69 Å². The standard InChI is InChI=1S/C19H21N3O3.ClH/c20-18(23)13-4-3-5-16(12-13)25-15-9-7-14(8-10-15)22-19(24)17-6-1-2-11-21-17;/h3-5,7-10,12,17,21H,1-2,6,11H2,(H2,20,23)(H,22,24);1H. The van der Waals surface area contributed by atoms with Crippen molar-refractivity contribution in [2.24, 2.45) is 5.73 Å². The summed E-state index contributed by atoms with van der Waals surface area (Å²) in [6, 6.07) is 13.7. The normalized spacial score (nSPS) is 16.2. The van der Waals surface area contributed by atoms with Crippen molar-refractivity contribution in [2.75, 3.05) is 11.9 Å². The van der Waals surface area contributed by atoms with E-state index < -0.39 is 5.91 Å². The van der Waals surface area contributed by atoms with Gasteiger partial charge in [-0.2, -0.15) is 0 Å². The van der Waals surface area contributed by atoms with Gasteiger partial charge < -0.3 is 21.1 Å². The number of anilines is 1. The molecule has 0 radical (unpaired) electrons. The Kier molecular flexibility index (Phi) is 7.00. The molecule has 1 heterocycles. The van der Waals surface area contributed by atoms with Crippen LogP contribution in [-0.2, 0) is 4.79 Å². The van der Waals surface area contributed by atoms with Crippen LogP contribution in [0.25, 0.3) is 0 Å². The SMILES string of the molecule is Cl.NC(=O)c1cccc(Oc2ccc(NC(=O)C3CCCCN3)cc2)c1. The second-order valence-electron chi connectivity index (χ2n) is 6.01. The lowest BCUT2D eigenvalue weighted by atomic mass is 10.0. The third-order valence-electron chi connectivity index (χ3n) is 4.10. The average molecular weight is 376 g/mol. The number of halogens is 1. The van der Waals surface area contributed by atoms with Crippen molar-refractivity contribution in [3.05, 3.63) is 54.1 Å². The van der Waals surface area contributed by atoms with Crippen LogP contribution in [0.1, 0.15) is 29.6 Å². The van der Waals surface area contributed by atoms with E-state index in [-0.39, 0.29) is 24.4 Å². The third-order valence-corrected chi connectivity index (χ3v) is 4.10. The molecule has 6 nitrogen and oxygen atoms in total. The Morgan fingerprint density at radius 2 is 1.85 bits per heavy atom. The molecule has 138 valence electrons. The summed E-state index contributed by atoms with van der Waals surface area (Å²) in [4.78, 5) is 23.4. The Labute approximate surface area is 158 Å². The molecular formula is C19H22ClN3O3. The molecule has 1 atom stereocenters. The van der Waals surface area contributed by atoms with Crippen molar-refractivity contribution in [3.8, 4) is 11.5 Å². The van der Waals surface area contributed by atoms with Crippen LogP contribution in [0.5, 0.6) is 11.5 Å². The summed E-state index contributed by atoms with van der Waals surface area (Å²) in [7, 11) is 0. The van der Waals surface area contributed by atoms with Crippen LogP contribution in [0.3, 0.4) is 0 Å². The molecule has 1 unspecified atom stereocenters. The topological polar surface area (TPSA) is 93.5 Å². The summed E-state index contributed by atoms with van der Waals surface area (Å²) in [5.74, 6) is 0.622. The van der Waals surface area contributed by atoms with Gasteiger partial charge in [0, 0.05) is 11.3 Å². The van der Waals surface area contributed by atoms with Crippen molar-refractivity contribution < 1.29 is 14.3 Å². The van der Waals surface area contributed by atoms with E-state index in [0.29, 0.717) is 17.1 Å². The zero-order valence-electron chi connectivity index (χ0n) is 14.2. The van der Waals surface area contributed by atoms with E-state index in [2.05, 4.69) is 10.6 Å². The number of primary amides is 1. The summed E-state index contributed by atoms with van der Waals surface area (Å²) in [6.45, 7) is 0.884. The van der Waals surface area contributed by atoms with Gasteiger partial charge in [0.25, 0.3) is 0 Å². The first-order valence-corrected chi connectivity index (χ1v) is 8.34. The lowest BCUT2D eigenvalue weighted by molar-refractivity contribution is -0.118. The first-order valence-electron chi connectivity index (χ1n) is 8.34. The molecule has 26 heavy (non-hydrogen) atoms. The van der Waals surface area contributed by atoms with Gasteiger partial charge in [0.05, 0.1) is 6.04 Å². The number of ether oxygens (including phenoxy) is 1.